The van der Waals surface area contributed by atoms with E-state index in [2.05, 4.69) is 17.2 Å². The van der Waals surface area contributed by atoms with Gasteiger partial charge in [-0.2, -0.15) is 5.10 Å². The van der Waals surface area contributed by atoms with Crippen molar-refractivity contribution < 1.29 is 9.59 Å². The lowest BCUT2D eigenvalue weighted by molar-refractivity contribution is -0.134. The van der Waals surface area contributed by atoms with Gasteiger partial charge in [0.25, 0.3) is 0 Å². The predicted octanol–water partition coefficient (Wildman–Crippen LogP) is 3.85. The molecule has 1 aliphatic heterocycles. The zero-order valence-corrected chi connectivity index (χ0v) is 17.8. The Morgan fingerprint density at radius 1 is 1.03 bits per heavy atom. The Bertz CT molecular complexity index is 1100. The fourth-order valence-corrected chi connectivity index (χ4v) is 3.94. The summed E-state index contributed by atoms with van der Waals surface area (Å²) in [6, 6.07) is 17.7. The molecule has 3 aromatic rings. The SMILES string of the molecule is CC(=O)N1C=Cc2ccccc2[C@H]1CC(=O)N(C)Cc1cnn(Cc2ccccc2)c1. The summed E-state index contributed by atoms with van der Waals surface area (Å²) in [4.78, 5) is 28.5. The van der Waals surface area contributed by atoms with E-state index in [4.69, 9.17) is 0 Å². The molecule has 4 rings (SSSR count). The molecule has 0 unspecified atom stereocenters. The number of rotatable bonds is 6. The van der Waals surface area contributed by atoms with Gasteiger partial charge in [0.1, 0.15) is 0 Å². The van der Waals surface area contributed by atoms with E-state index in [0.29, 0.717) is 13.1 Å². The van der Waals surface area contributed by atoms with Crippen LogP contribution in [0.4, 0.5) is 0 Å². The van der Waals surface area contributed by atoms with E-state index in [0.717, 1.165) is 16.7 Å². The van der Waals surface area contributed by atoms with Crippen LogP contribution in [0, 0.1) is 0 Å². The minimum atomic E-state index is -0.297. The highest BCUT2D eigenvalue weighted by molar-refractivity contribution is 5.81. The molecule has 0 N–H and O–H groups in total. The summed E-state index contributed by atoms with van der Waals surface area (Å²) in [5.41, 5.74) is 4.19. The minimum absolute atomic E-state index is 0.0165. The van der Waals surface area contributed by atoms with Gasteiger partial charge < -0.3 is 9.80 Å². The van der Waals surface area contributed by atoms with Crippen LogP contribution in [0.3, 0.4) is 0 Å². The summed E-state index contributed by atoms with van der Waals surface area (Å²) in [6.45, 7) is 2.69. The zero-order chi connectivity index (χ0) is 21.8. The predicted molar refractivity (Wildman–Crippen MR) is 120 cm³/mol. The second-order valence-electron chi connectivity index (χ2n) is 7.87. The van der Waals surface area contributed by atoms with Crippen molar-refractivity contribution in [3.63, 3.8) is 0 Å². The summed E-state index contributed by atoms with van der Waals surface area (Å²) in [5, 5.41) is 4.42. The fraction of sp³-hybridized carbons (Fsp3) is 0.240. The standard InChI is InChI=1S/C25H26N4O2/c1-19(30)29-13-12-22-10-6-7-11-23(22)24(29)14-25(31)27(2)16-21-15-26-28(18-21)17-20-8-4-3-5-9-20/h3-13,15,18,24H,14,16-17H2,1-2H3/t24-/m1/s1. The number of amides is 2. The highest BCUT2D eigenvalue weighted by atomic mass is 16.2. The number of fused-ring (bicyclic) bond motifs is 1. The first kappa shape index (κ1) is 20.6. The summed E-state index contributed by atoms with van der Waals surface area (Å²) in [6.07, 6.45) is 7.69. The fourth-order valence-electron chi connectivity index (χ4n) is 3.94. The van der Waals surface area contributed by atoms with E-state index < -0.39 is 0 Å². The molecule has 2 aromatic carbocycles. The molecule has 158 valence electrons. The van der Waals surface area contributed by atoms with Crippen LogP contribution in [0.15, 0.2) is 73.2 Å². The maximum atomic E-state index is 13.0. The molecule has 0 spiro atoms. The molecule has 6 nitrogen and oxygen atoms in total. The molecule has 1 aromatic heterocycles. The third-order valence-corrected chi connectivity index (χ3v) is 5.56. The van der Waals surface area contributed by atoms with Crippen LogP contribution in [0.1, 0.15) is 41.6 Å². The van der Waals surface area contributed by atoms with E-state index in [9.17, 15) is 9.59 Å². The molecule has 0 saturated heterocycles. The molecule has 6 heteroatoms. The molecule has 2 heterocycles. The third-order valence-electron chi connectivity index (χ3n) is 5.56. The Balaban J connectivity index is 1.42. The summed E-state index contributed by atoms with van der Waals surface area (Å²) in [7, 11) is 1.79. The van der Waals surface area contributed by atoms with Crippen molar-refractivity contribution in [3.05, 3.63) is 95.4 Å². The molecule has 0 bridgehead atoms. The van der Waals surface area contributed by atoms with E-state index >= 15 is 0 Å². The number of carbonyl (C=O) groups is 2. The van der Waals surface area contributed by atoms with Gasteiger partial charge in [-0.1, -0.05) is 54.6 Å². The lowest BCUT2D eigenvalue weighted by atomic mass is 9.93. The van der Waals surface area contributed by atoms with Gasteiger partial charge in [0.2, 0.25) is 11.8 Å². The second kappa shape index (κ2) is 9.00. The van der Waals surface area contributed by atoms with E-state index in [-0.39, 0.29) is 24.3 Å². The Kier molecular flexibility index (Phi) is 5.98. The van der Waals surface area contributed by atoms with Crippen molar-refractivity contribution in [2.45, 2.75) is 32.5 Å². The first-order valence-electron chi connectivity index (χ1n) is 10.4. The minimum Gasteiger partial charge on any atom is -0.341 e. The summed E-state index contributed by atoms with van der Waals surface area (Å²) in [5.74, 6) is -0.0921. The second-order valence-corrected chi connectivity index (χ2v) is 7.87. The van der Waals surface area contributed by atoms with Crippen LogP contribution in [-0.4, -0.2) is 38.4 Å². The number of benzene rings is 2. The Morgan fingerprint density at radius 2 is 1.77 bits per heavy atom. The number of nitrogens with zero attached hydrogens (tertiary/aromatic N) is 4. The summed E-state index contributed by atoms with van der Waals surface area (Å²) >= 11 is 0. The van der Waals surface area contributed by atoms with Crippen molar-refractivity contribution in [2.24, 2.45) is 0 Å². The first-order valence-corrected chi connectivity index (χ1v) is 10.4. The highest BCUT2D eigenvalue weighted by Gasteiger charge is 2.29. The Labute approximate surface area is 182 Å². The van der Waals surface area contributed by atoms with Crippen molar-refractivity contribution in [2.75, 3.05) is 7.05 Å². The normalized spacial score (nSPS) is 14.9. The van der Waals surface area contributed by atoms with E-state index in [1.807, 2.05) is 59.4 Å². The van der Waals surface area contributed by atoms with Crippen LogP contribution in [-0.2, 0) is 22.7 Å². The molecule has 1 atom stereocenters. The van der Waals surface area contributed by atoms with Crippen molar-refractivity contribution in [1.82, 2.24) is 19.6 Å². The average molecular weight is 415 g/mol. The van der Waals surface area contributed by atoms with Crippen molar-refractivity contribution in [1.29, 1.82) is 0 Å². The largest absolute Gasteiger partial charge is 0.341 e. The van der Waals surface area contributed by atoms with E-state index in [1.165, 1.54) is 12.5 Å². The average Bonchev–Trinajstić information content (AvgIpc) is 3.21. The van der Waals surface area contributed by atoms with Crippen LogP contribution in [0.5, 0.6) is 0 Å². The number of hydrogen-bond donors (Lipinski definition) is 0. The van der Waals surface area contributed by atoms with Crippen molar-refractivity contribution >= 4 is 17.9 Å². The molecule has 31 heavy (non-hydrogen) atoms. The molecule has 1 aliphatic rings. The quantitative estimate of drug-likeness (QED) is 0.616. The van der Waals surface area contributed by atoms with Gasteiger partial charge in [-0.25, -0.2) is 0 Å². The van der Waals surface area contributed by atoms with Gasteiger partial charge >= 0.3 is 0 Å². The molecule has 0 saturated carbocycles. The number of hydrogen-bond acceptors (Lipinski definition) is 3. The Hall–Kier alpha value is -3.67. The van der Waals surface area contributed by atoms with Gasteiger partial charge in [-0.3, -0.25) is 14.3 Å². The van der Waals surface area contributed by atoms with Crippen LogP contribution < -0.4 is 0 Å². The molecule has 2 amide bonds. The lowest BCUT2D eigenvalue weighted by Gasteiger charge is -2.33. The first-order chi connectivity index (χ1) is 15.0. The van der Waals surface area contributed by atoms with Crippen LogP contribution >= 0.6 is 0 Å². The smallest absolute Gasteiger partial charge is 0.225 e. The van der Waals surface area contributed by atoms with Gasteiger partial charge in [-0.05, 0) is 22.8 Å². The topological polar surface area (TPSA) is 58.4 Å². The van der Waals surface area contributed by atoms with Crippen LogP contribution in [0.2, 0.25) is 0 Å². The monoisotopic (exact) mass is 414 g/mol. The van der Waals surface area contributed by atoms with Crippen molar-refractivity contribution in [3.8, 4) is 0 Å². The van der Waals surface area contributed by atoms with Gasteiger partial charge in [-0.15, -0.1) is 0 Å². The van der Waals surface area contributed by atoms with Gasteiger partial charge in [0.15, 0.2) is 0 Å². The zero-order valence-electron chi connectivity index (χ0n) is 17.8. The molecular weight excluding hydrogens is 388 g/mol. The lowest BCUT2D eigenvalue weighted by Crippen LogP contribution is -2.35. The maximum absolute atomic E-state index is 13.0. The Morgan fingerprint density at radius 3 is 2.55 bits per heavy atom. The number of aromatic nitrogens is 2. The molecule has 0 aliphatic carbocycles. The van der Waals surface area contributed by atoms with Gasteiger partial charge in [0, 0.05) is 38.5 Å². The van der Waals surface area contributed by atoms with Gasteiger partial charge in [0.05, 0.1) is 25.2 Å². The van der Waals surface area contributed by atoms with Crippen LogP contribution in [0.25, 0.3) is 6.08 Å². The number of carbonyl (C=O) groups excluding carboxylic acids is 2. The third kappa shape index (κ3) is 4.74. The molecular formula is C25H26N4O2. The summed E-state index contributed by atoms with van der Waals surface area (Å²) < 4.78 is 1.88. The highest BCUT2D eigenvalue weighted by Crippen LogP contribution is 2.33. The molecule has 0 fully saturated rings. The van der Waals surface area contributed by atoms with E-state index in [1.54, 1.807) is 29.2 Å². The molecule has 0 radical (unpaired) electrons. The maximum Gasteiger partial charge on any atom is 0.225 e.